The summed E-state index contributed by atoms with van der Waals surface area (Å²) in [6.45, 7) is 0. The molecule has 0 saturated heterocycles. The number of rotatable bonds is 3. The second-order valence-corrected chi connectivity index (χ2v) is 3.51. The van der Waals surface area contributed by atoms with Crippen molar-refractivity contribution in [3.05, 3.63) is 42.4 Å². The second kappa shape index (κ2) is 4.69. The fourth-order valence-corrected chi connectivity index (χ4v) is 1.63. The number of aromatic amines is 1. The van der Waals surface area contributed by atoms with Crippen LogP contribution in [0.25, 0.3) is 10.9 Å². The molecule has 1 aromatic heterocycles. The molecule has 17 heavy (non-hydrogen) atoms. The average Bonchev–Trinajstić information content (AvgIpc) is 2.69. The first-order valence-corrected chi connectivity index (χ1v) is 5.06. The number of ether oxygens (including phenoxy) is 1. The molecule has 3 N–H and O–H groups in total. The number of H-pyrrole nitrogens is 1. The molecular weight excluding hydrogens is 220 g/mol. The number of hydrogen-bond acceptors (Lipinski definition) is 3. The van der Waals surface area contributed by atoms with Gasteiger partial charge in [0.05, 0.1) is 6.42 Å². The van der Waals surface area contributed by atoms with Crippen molar-refractivity contribution in [1.29, 1.82) is 0 Å². The Labute approximate surface area is 97.6 Å². The van der Waals surface area contributed by atoms with Gasteiger partial charge < -0.3 is 15.5 Å². The summed E-state index contributed by atoms with van der Waals surface area (Å²) in [7, 11) is 0. The quantitative estimate of drug-likeness (QED) is 0.620. The molecule has 1 amide bonds. The third-order valence-corrected chi connectivity index (χ3v) is 2.36. The third kappa shape index (κ3) is 2.63. The number of nitrogens with two attached hydrogens (primary N) is 1. The molecule has 0 unspecified atom stereocenters. The minimum absolute atomic E-state index is 0.385. The number of fused-ring (bicyclic) bond motifs is 1. The van der Waals surface area contributed by atoms with Crippen molar-refractivity contribution < 1.29 is 14.3 Å². The summed E-state index contributed by atoms with van der Waals surface area (Å²) in [4.78, 5) is 24.5. The molecule has 2 aromatic rings. The second-order valence-electron chi connectivity index (χ2n) is 3.51. The standard InChI is InChI=1S/C12H11N2O3/c13-12(16)17-11(15)6-5-8-7-14-10-4-2-1-3-9(8)10/h1-4,6-7,14H,5H2,(H2,13,16). The van der Waals surface area contributed by atoms with Crippen LogP contribution in [0, 0.1) is 6.42 Å². The van der Waals surface area contributed by atoms with Gasteiger partial charge in [0.15, 0.2) is 0 Å². The van der Waals surface area contributed by atoms with Crippen LogP contribution in [0.5, 0.6) is 0 Å². The highest BCUT2D eigenvalue weighted by atomic mass is 16.6. The van der Waals surface area contributed by atoms with Gasteiger partial charge in [0.25, 0.3) is 0 Å². The highest BCUT2D eigenvalue weighted by Crippen LogP contribution is 2.18. The van der Waals surface area contributed by atoms with Crippen LogP contribution in [0.1, 0.15) is 5.56 Å². The van der Waals surface area contributed by atoms with Crippen molar-refractivity contribution in [2.45, 2.75) is 6.42 Å². The van der Waals surface area contributed by atoms with Crippen LogP contribution in [0.3, 0.4) is 0 Å². The zero-order chi connectivity index (χ0) is 12.3. The predicted molar refractivity (Wildman–Crippen MR) is 62.0 cm³/mol. The highest BCUT2D eigenvalue weighted by Gasteiger charge is 2.09. The van der Waals surface area contributed by atoms with Gasteiger partial charge in [-0.05, 0) is 18.1 Å². The Morgan fingerprint density at radius 1 is 1.35 bits per heavy atom. The monoisotopic (exact) mass is 231 g/mol. The number of para-hydroxylation sites is 1. The molecular formula is C12H11N2O3. The van der Waals surface area contributed by atoms with Crippen molar-refractivity contribution in [3.8, 4) is 0 Å². The molecule has 0 aliphatic rings. The lowest BCUT2D eigenvalue weighted by Crippen LogP contribution is -2.18. The third-order valence-electron chi connectivity index (χ3n) is 2.36. The average molecular weight is 231 g/mol. The van der Waals surface area contributed by atoms with Crippen molar-refractivity contribution in [1.82, 2.24) is 4.98 Å². The summed E-state index contributed by atoms with van der Waals surface area (Å²) in [5.41, 5.74) is 6.68. The van der Waals surface area contributed by atoms with E-state index in [0.717, 1.165) is 16.5 Å². The van der Waals surface area contributed by atoms with Crippen molar-refractivity contribution in [2.24, 2.45) is 5.73 Å². The molecule has 0 saturated carbocycles. The number of primary amides is 1. The van der Waals surface area contributed by atoms with E-state index in [1.54, 1.807) is 0 Å². The van der Waals surface area contributed by atoms with Gasteiger partial charge in [0, 0.05) is 17.1 Å². The van der Waals surface area contributed by atoms with E-state index in [0.29, 0.717) is 6.42 Å². The number of esters is 1. The van der Waals surface area contributed by atoms with E-state index in [1.807, 2.05) is 30.5 Å². The summed E-state index contributed by atoms with van der Waals surface area (Å²) in [5.74, 6) is -0.734. The van der Waals surface area contributed by atoms with Gasteiger partial charge in [0.1, 0.15) is 0 Å². The maximum absolute atomic E-state index is 11.1. The molecule has 1 radical (unpaired) electrons. The zero-order valence-electron chi connectivity index (χ0n) is 8.97. The Hall–Kier alpha value is -2.30. The first-order chi connectivity index (χ1) is 8.16. The number of nitrogens with one attached hydrogen (secondary N) is 1. The molecule has 0 spiro atoms. The summed E-state index contributed by atoms with van der Waals surface area (Å²) in [6.07, 6.45) is 2.39. The van der Waals surface area contributed by atoms with Crippen LogP contribution >= 0.6 is 0 Å². The van der Waals surface area contributed by atoms with Crippen LogP contribution in [0.2, 0.25) is 0 Å². The van der Waals surface area contributed by atoms with E-state index >= 15 is 0 Å². The minimum atomic E-state index is -1.09. The topological polar surface area (TPSA) is 85.2 Å². The number of carbonyl (C=O) groups is 2. The Kier molecular flexibility index (Phi) is 3.09. The van der Waals surface area contributed by atoms with Gasteiger partial charge in [-0.25, -0.2) is 4.79 Å². The van der Waals surface area contributed by atoms with Gasteiger partial charge in [0.2, 0.25) is 0 Å². The lowest BCUT2D eigenvalue weighted by molar-refractivity contribution is -0.133. The van der Waals surface area contributed by atoms with Crippen LogP contribution in [-0.4, -0.2) is 17.0 Å². The maximum Gasteiger partial charge on any atom is 0.412 e. The van der Waals surface area contributed by atoms with Crippen molar-refractivity contribution >= 4 is 23.0 Å². The van der Waals surface area contributed by atoms with Crippen molar-refractivity contribution in [3.63, 3.8) is 0 Å². The Morgan fingerprint density at radius 3 is 2.88 bits per heavy atom. The molecule has 5 nitrogen and oxygen atoms in total. The van der Waals surface area contributed by atoms with E-state index in [1.165, 1.54) is 6.42 Å². The molecule has 1 aromatic carbocycles. The Morgan fingerprint density at radius 2 is 2.12 bits per heavy atom. The number of carbonyl (C=O) groups excluding carboxylic acids is 2. The van der Waals surface area contributed by atoms with Gasteiger partial charge in [-0.1, -0.05) is 18.2 Å². The molecule has 0 atom stereocenters. The van der Waals surface area contributed by atoms with Crippen LogP contribution in [-0.2, 0) is 16.0 Å². The van der Waals surface area contributed by atoms with E-state index in [9.17, 15) is 9.59 Å². The molecule has 0 bridgehead atoms. The Balaban J connectivity index is 2.04. The Bertz CT molecular complexity index is 560. The fourth-order valence-electron chi connectivity index (χ4n) is 1.63. The number of aromatic nitrogens is 1. The fraction of sp³-hybridized carbons (Fsp3) is 0.0833. The molecule has 1 heterocycles. The van der Waals surface area contributed by atoms with Gasteiger partial charge in [-0.3, -0.25) is 4.79 Å². The summed E-state index contributed by atoms with van der Waals surface area (Å²) in [6, 6.07) is 7.74. The van der Waals surface area contributed by atoms with Crippen molar-refractivity contribution in [2.75, 3.05) is 0 Å². The molecule has 87 valence electrons. The highest BCUT2D eigenvalue weighted by molar-refractivity contribution is 5.90. The summed E-state index contributed by atoms with van der Waals surface area (Å²) >= 11 is 0. The van der Waals surface area contributed by atoms with Crippen LogP contribution < -0.4 is 5.73 Å². The predicted octanol–water partition coefficient (Wildman–Crippen LogP) is 1.54. The summed E-state index contributed by atoms with van der Waals surface area (Å²) in [5, 5.41) is 1.04. The smallest absolute Gasteiger partial charge is 0.376 e. The SMILES string of the molecule is NC(=O)OC(=O)[CH]Cc1c[nH]c2ccccc12. The number of amides is 1. The first kappa shape index (κ1) is 11.2. The lowest BCUT2D eigenvalue weighted by Gasteiger charge is -1.99. The normalized spacial score (nSPS) is 10.4. The first-order valence-electron chi connectivity index (χ1n) is 5.06. The molecule has 5 heteroatoms. The molecule has 0 fully saturated rings. The van der Waals surface area contributed by atoms with Gasteiger partial charge >= 0.3 is 12.1 Å². The van der Waals surface area contributed by atoms with Crippen LogP contribution in [0.4, 0.5) is 4.79 Å². The zero-order valence-corrected chi connectivity index (χ0v) is 8.97. The number of hydrogen-bond donors (Lipinski definition) is 2. The molecule has 0 aliphatic carbocycles. The van der Waals surface area contributed by atoms with Gasteiger partial charge in [-0.15, -0.1) is 0 Å². The van der Waals surface area contributed by atoms with E-state index in [2.05, 4.69) is 9.72 Å². The summed E-state index contributed by atoms with van der Waals surface area (Å²) < 4.78 is 4.19. The van der Waals surface area contributed by atoms with Gasteiger partial charge in [-0.2, -0.15) is 0 Å². The largest absolute Gasteiger partial charge is 0.412 e. The maximum atomic E-state index is 11.1. The minimum Gasteiger partial charge on any atom is -0.376 e. The number of benzene rings is 1. The van der Waals surface area contributed by atoms with E-state index in [4.69, 9.17) is 5.73 Å². The molecule has 0 aliphatic heterocycles. The van der Waals surface area contributed by atoms with E-state index in [-0.39, 0.29) is 0 Å². The molecule has 2 rings (SSSR count). The lowest BCUT2D eigenvalue weighted by atomic mass is 10.1. The van der Waals surface area contributed by atoms with Crippen LogP contribution in [0.15, 0.2) is 30.5 Å². The van der Waals surface area contributed by atoms with E-state index < -0.39 is 12.1 Å².